The maximum Gasteiger partial charge on any atom is 0.217 e. The highest BCUT2D eigenvalue weighted by atomic mass is 35.5. The van der Waals surface area contributed by atoms with E-state index >= 15 is 0 Å². The maximum absolute atomic E-state index is 12.0. The second kappa shape index (κ2) is 4.35. The van der Waals surface area contributed by atoms with Gasteiger partial charge < -0.3 is 8.98 Å². The van der Waals surface area contributed by atoms with Crippen molar-refractivity contribution in [1.29, 1.82) is 0 Å². The molecule has 0 aliphatic heterocycles. The van der Waals surface area contributed by atoms with Gasteiger partial charge in [0.05, 0.1) is 17.8 Å². The Morgan fingerprint density at radius 1 is 1.22 bits per heavy atom. The zero-order chi connectivity index (χ0) is 12.5. The third kappa shape index (κ3) is 1.83. The summed E-state index contributed by atoms with van der Waals surface area (Å²) >= 11 is 6.13. The number of rotatable bonds is 3. The SMILES string of the molecule is O=C(Cn1cc(Cl)c2ccccc21)c1ccco1. The Hall–Kier alpha value is -2.00. The van der Waals surface area contributed by atoms with E-state index < -0.39 is 0 Å². The molecule has 90 valence electrons. The number of furan rings is 1. The minimum Gasteiger partial charge on any atom is -0.461 e. The second-order valence-corrected chi connectivity index (χ2v) is 4.43. The number of hydrogen-bond donors (Lipinski definition) is 0. The molecule has 0 atom stereocenters. The molecule has 3 nitrogen and oxygen atoms in total. The lowest BCUT2D eigenvalue weighted by Crippen LogP contribution is -2.08. The molecule has 4 heteroatoms. The van der Waals surface area contributed by atoms with Crippen molar-refractivity contribution in [1.82, 2.24) is 4.57 Å². The number of nitrogens with zero attached hydrogens (tertiary/aromatic N) is 1. The van der Waals surface area contributed by atoms with Crippen LogP contribution in [0.15, 0.2) is 53.3 Å². The molecule has 1 aromatic carbocycles. The van der Waals surface area contributed by atoms with Gasteiger partial charge in [0, 0.05) is 17.1 Å². The second-order valence-electron chi connectivity index (χ2n) is 4.02. The quantitative estimate of drug-likeness (QED) is 0.671. The van der Waals surface area contributed by atoms with Gasteiger partial charge >= 0.3 is 0 Å². The molecule has 0 N–H and O–H groups in total. The zero-order valence-corrected chi connectivity index (χ0v) is 10.2. The van der Waals surface area contributed by atoms with Gasteiger partial charge in [0.2, 0.25) is 5.78 Å². The summed E-state index contributed by atoms with van der Waals surface area (Å²) in [4.78, 5) is 12.0. The van der Waals surface area contributed by atoms with Gasteiger partial charge in [-0.1, -0.05) is 29.8 Å². The minimum atomic E-state index is -0.0718. The van der Waals surface area contributed by atoms with Gasteiger partial charge in [-0.25, -0.2) is 0 Å². The Morgan fingerprint density at radius 2 is 2.06 bits per heavy atom. The first-order valence-corrected chi connectivity index (χ1v) is 5.93. The first kappa shape index (κ1) is 11.1. The Bertz CT molecular complexity index is 698. The van der Waals surface area contributed by atoms with Crippen LogP contribution in [0.4, 0.5) is 0 Å². The van der Waals surface area contributed by atoms with Crippen molar-refractivity contribution >= 4 is 28.3 Å². The predicted octanol–water partition coefficient (Wildman–Crippen LogP) is 3.77. The van der Waals surface area contributed by atoms with E-state index in [-0.39, 0.29) is 12.3 Å². The van der Waals surface area contributed by atoms with E-state index in [1.165, 1.54) is 6.26 Å². The average molecular weight is 260 g/mol. The van der Waals surface area contributed by atoms with Crippen molar-refractivity contribution in [3.8, 4) is 0 Å². The molecule has 2 aromatic heterocycles. The van der Waals surface area contributed by atoms with Gasteiger partial charge in [0.15, 0.2) is 5.76 Å². The zero-order valence-electron chi connectivity index (χ0n) is 9.47. The molecule has 0 spiro atoms. The minimum absolute atomic E-state index is 0.0718. The highest BCUT2D eigenvalue weighted by Crippen LogP contribution is 2.25. The van der Waals surface area contributed by atoms with E-state index in [9.17, 15) is 4.79 Å². The van der Waals surface area contributed by atoms with Crippen LogP contribution in [0.5, 0.6) is 0 Å². The fourth-order valence-corrected chi connectivity index (χ4v) is 2.28. The summed E-state index contributed by atoms with van der Waals surface area (Å²) in [6, 6.07) is 11.1. The summed E-state index contributed by atoms with van der Waals surface area (Å²) in [5.41, 5.74) is 0.947. The topological polar surface area (TPSA) is 35.1 Å². The number of halogens is 1. The fourth-order valence-electron chi connectivity index (χ4n) is 2.00. The van der Waals surface area contributed by atoms with E-state index in [0.29, 0.717) is 10.8 Å². The third-order valence-corrected chi connectivity index (χ3v) is 3.15. The van der Waals surface area contributed by atoms with Gasteiger partial charge in [-0.3, -0.25) is 4.79 Å². The van der Waals surface area contributed by atoms with E-state index in [0.717, 1.165) is 10.9 Å². The number of hydrogen-bond acceptors (Lipinski definition) is 2. The highest BCUT2D eigenvalue weighted by Gasteiger charge is 2.12. The Balaban J connectivity index is 1.98. The summed E-state index contributed by atoms with van der Waals surface area (Å²) < 4.78 is 6.93. The van der Waals surface area contributed by atoms with E-state index in [2.05, 4.69) is 0 Å². The van der Waals surface area contributed by atoms with Crippen LogP contribution in [-0.4, -0.2) is 10.4 Å². The molecule has 3 aromatic rings. The summed E-state index contributed by atoms with van der Waals surface area (Å²) in [5.74, 6) is 0.293. The molecule has 0 bridgehead atoms. The van der Waals surface area contributed by atoms with Crippen LogP contribution in [0.25, 0.3) is 10.9 Å². The first-order chi connectivity index (χ1) is 8.75. The number of fused-ring (bicyclic) bond motifs is 1. The molecule has 0 amide bonds. The van der Waals surface area contributed by atoms with Crippen LogP contribution in [0.1, 0.15) is 10.6 Å². The number of para-hydroxylation sites is 1. The van der Waals surface area contributed by atoms with Crippen LogP contribution in [0.2, 0.25) is 5.02 Å². The summed E-state index contributed by atoms with van der Waals surface area (Å²) in [6.07, 6.45) is 3.26. The summed E-state index contributed by atoms with van der Waals surface area (Å²) in [5, 5.41) is 1.60. The Labute approximate surface area is 109 Å². The lowest BCUT2D eigenvalue weighted by molar-refractivity contribution is 0.0946. The number of aromatic nitrogens is 1. The lowest BCUT2D eigenvalue weighted by Gasteiger charge is -2.02. The van der Waals surface area contributed by atoms with Gasteiger partial charge in [-0.05, 0) is 18.2 Å². The molecule has 0 aliphatic rings. The summed E-state index contributed by atoms with van der Waals surface area (Å²) in [7, 11) is 0. The largest absolute Gasteiger partial charge is 0.461 e. The van der Waals surface area contributed by atoms with Crippen LogP contribution >= 0.6 is 11.6 Å². The number of ketones is 1. The highest BCUT2D eigenvalue weighted by molar-refractivity contribution is 6.35. The standard InChI is InChI=1S/C14H10ClNO2/c15-11-8-16(12-5-2-1-4-10(11)12)9-13(17)14-6-3-7-18-14/h1-8H,9H2. The number of carbonyl (C=O) groups is 1. The van der Waals surface area contributed by atoms with Crippen LogP contribution in [-0.2, 0) is 6.54 Å². The van der Waals surface area contributed by atoms with E-state index in [1.54, 1.807) is 18.3 Å². The van der Waals surface area contributed by atoms with Gasteiger partial charge in [0.1, 0.15) is 0 Å². The average Bonchev–Trinajstić information content (AvgIpc) is 3.00. The molecule has 0 unspecified atom stereocenters. The first-order valence-electron chi connectivity index (χ1n) is 5.56. The molecule has 0 fully saturated rings. The lowest BCUT2D eigenvalue weighted by atomic mass is 10.2. The molecular formula is C14H10ClNO2. The van der Waals surface area contributed by atoms with Gasteiger partial charge in [0.25, 0.3) is 0 Å². The van der Waals surface area contributed by atoms with Crippen molar-refractivity contribution in [2.75, 3.05) is 0 Å². The molecule has 2 heterocycles. The molecular weight excluding hydrogens is 250 g/mol. The van der Waals surface area contributed by atoms with Crippen molar-refractivity contribution in [3.63, 3.8) is 0 Å². The number of carbonyl (C=O) groups excluding carboxylic acids is 1. The normalized spacial score (nSPS) is 10.9. The fraction of sp³-hybridized carbons (Fsp3) is 0.0714. The van der Waals surface area contributed by atoms with E-state index in [4.69, 9.17) is 16.0 Å². The van der Waals surface area contributed by atoms with Crippen molar-refractivity contribution in [2.24, 2.45) is 0 Å². The van der Waals surface area contributed by atoms with Crippen LogP contribution < -0.4 is 0 Å². The Kier molecular flexibility index (Phi) is 2.68. The molecule has 0 saturated carbocycles. The van der Waals surface area contributed by atoms with Crippen molar-refractivity contribution in [3.05, 3.63) is 59.6 Å². The molecule has 0 saturated heterocycles. The molecule has 18 heavy (non-hydrogen) atoms. The maximum atomic E-state index is 12.0. The van der Waals surface area contributed by atoms with Crippen LogP contribution in [0, 0.1) is 0 Å². The third-order valence-electron chi connectivity index (χ3n) is 2.85. The predicted molar refractivity (Wildman–Crippen MR) is 70.0 cm³/mol. The monoisotopic (exact) mass is 259 g/mol. The smallest absolute Gasteiger partial charge is 0.217 e. The summed E-state index contributed by atoms with van der Waals surface area (Å²) in [6.45, 7) is 0.223. The van der Waals surface area contributed by atoms with E-state index in [1.807, 2.05) is 28.8 Å². The van der Waals surface area contributed by atoms with Crippen molar-refractivity contribution in [2.45, 2.75) is 6.54 Å². The van der Waals surface area contributed by atoms with Crippen LogP contribution in [0.3, 0.4) is 0 Å². The molecule has 0 aliphatic carbocycles. The Morgan fingerprint density at radius 3 is 2.83 bits per heavy atom. The van der Waals surface area contributed by atoms with Crippen molar-refractivity contribution < 1.29 is 9.21 Å². The number of benzene rings is 1. The molecule has 3 rings (SSSR count). The van der Waals surface area contributed by atoms with Gasteiger partial charge in [-0.15, -0.1) is 0 Å². The molecule has 0 radical (unpaired) electrons. The number of Topliss-reactive ketones (excluding diaryl/α,β-unsaturated/α-hetero) is 1. The van der Waals surface area contributed by atoms with Gasteiger partial charge in [-0.2, -0.15) is 0 Å².